The van der Waals surface area contributed by atoms with Gasteiger partial charge >= 0.3 is 0 Å². The van der Waals surface area contributed by atoms with Crippen molar-refractivity contribution in [2.24, 2.45) is 5.92 Å². The van der Waals surface area contributed by atoms with Gasteiger partial charge in [-0.3, -0.25) is 4.79 Å². The number of rotatable bonds is 8. The summed E-state index contributed by atoms with van der Waals surface area (Å²) in [5.74, 6) is 0.0724. The third-order valence-electron chi connectivity index (χ3n) is 5.02. The summed E-state index contributed by atoms with van der Waals surface area (Å²) in [6.07, 6.45) is 4.07. The Balaban J connectivity index is 1.61. The van der Waals surface area contributed by atoms with E-state index in [0.29, 0.717) is 12.0 Å². The Morgan fingerprint density at radius 3 is 2.77 bits per heavy atom. The van der Waals surface area contributed by atoms with Gasteiger partial charge in [0.2, 0.25) is 5.91 Å². The van der Waals surface area contributed by atoms with Crippen LogP contribution in [-0.4, -0.2) is 30.2 Å². The topological polar surface area (TPSA) is 61.4 Å². The second-order valence-electron chi connectivity index (χ2n) is 6.76. The molecule has 4 nitrogen and oxygen atoms in total. The molecule has 6 heteroatoms. The molecular formula is C20H25FN2O2S. The third kappa shape index (κ3) is 4.90. The molecule has 1 aromatic heterocycles. The van der Waals surface area contributed by atoms with Crippen LogP contribution in [0.15, 0.2) is 41.8 Å². The van der Waals surface area contributed by atoms with Crippen LogP contribution in [0.2, 0.25) is 0 Å². The number of aliphatic hydroxyl groups is 1. The number of hydrogen-bond donors (Lipinski definition) is 3. The number of aliphatic hydroxyl groups excluding tert-OH is 1. The van der Waals surface area contributed by atoms with E-state index in [9.17, 15) is 9.18 Å². The Morgan fingerprint density at radius 2 is 2.08 bits per heavy atom. The van der Waals surface area contributed by atoms with Crippen molar-refractivity contribution in [3.63, 3.8) is 0 Å². The number of nitrogens with one attached hydrogen (secondary N) is 2. The monoisotopic (exact) mass is 376 g/mol. The Kier molecular flexibility index (Phi) is 6.77. The Morgan fingerprint density at radius 1 is 1.27 bits per heavy atom. The molecule has 3 N–H and O–H groups in total. The molecule has 1 fully saturated rings. The van der Waals surface area contributed by atoms with Crippen LogP contribution in [0.1, 0.15) is 42.2 Å². The number of thiophene rings is 1. The van der Waals surface area contributed by atoms with Gasteiger partial charge in [0, 0.05) is 17.5 Å². The van der Waals surface area contributed by atoms with Crippen LogP contribution in [0.5, 0.6) is 0 Å². The highest BCUT2D eigenvalue weighted by molar-refractivity contribution is 7.10. The smallest absolute Gasteiger partial charge is 0.234 e. The van der Waals surface area contributed by atoms with Crippen molar-refractivity contribution in [3.05, 3.63) is 58.0 Å². The Hall–Kier alpha value is -1.76. The summed E-state index contributed by atoms with van der Waals surface area (Å²) >= 11 is 1.57. The fourth-order valence-electron chi connectivity index (χ4n) is 3.68. The molecule has 1 aliphatic rings. The van der Waals surface area contributed by atoms with Gasteiger partial charge < -0.3 is 15.7 Å². The number of amides is 1. The van der Waals surface area contributed by atoms with Gasteiger partial charge in [0.1, 0.15) is 5.82 Å². The van der Waals surface area contributed by atoms with Crippen molar-refractivity contribution >= 4 is 17.2 Å². The van der Waals surface area contributed by atoms with Crippen molar-refractivity contribution in [2.75, 3.05) is 13.2 Å². The standard InChI is InChI=1S/C20H25FN2O2S/c21-16-8-6-15(7-9-16)20(18-5-2-12-26-18)23-19(25)13-22-17-4-1-3-14(17)10-11-24/h2,5-9,12,14,17,20,22,24H,1,3-4,10-11,13H2,(H,23,25). The SMILES string of the molecule is O=C(CNC1CCCC1CCO)NC(c1ccc(F)cc1)c1cccs1. The van der Waals surface area contributed by atoms with Gasteiger partial charge in [-0.15, -0.1) is 11.3 Å². The molecule has 1 saturated carbocycles. The first kappa shape index (κ1) is 19.0. The van der Waals surface area contributed by atoms with Crippen molar-refractivity contribution in [2.45, 2.75) is 37.8 Å². The van der Waals surface area contributed by atoms with E-state index in [1.165, 1.54) is 12.1 Å². The largest absolute Gasteiger partial charge is 0.396 e. The first-order chi connectivity index (χ1) is 12.7. The molecule has 2 aromatic rings. The summed E-state index contributed by atoms with van der Waals surface area (Å²) in [4.78, 5) is 13.5. The van der Waals surface area contributed by atoms with E-state index in [1.54, 1.807) is 23.5 Å². The molecule has 0 bridgehead atoms. The zero-order valence-corrected chi connectivity index (χ0v) is 15.5. The molecule has 26 heavy (non-hydrogen) atoms. The average molecular weight is 376 g/mol. The lowest BCUT2D eigenvalue weighted by Crippen LogP contribution is -2.42. The molecule has 3 unspecified atom stereocenters. The molecule has 0 radical (unpaired) electrons. The molecule has 3 rings (SSSR count). The average Bonchev–Trinajstić information content (AvgIpc) is 3.31. The van der Waals surface area contributed by atoms with E-state index in [1.807, 2.05) is 17.5 Å². The van der Waals surface area contributed by atoms with Crippen molar-refractivity contribution in [3.8, 4) is 0 Å². The molecule has 0 saturated heterocycles. The van der Waals surface area contributed by atoms with E-state index in [-0.39, 0.29) is 30.9 Å². The Labute approximate surface area is 157 Å². The first-order valence-electron chi connectivity index (χ1n) is 9.10. The molecule has 1 aromatic carbocycles. The molecule has 140 valence electrons. The van der Waals surface area contributed by atoms with Crippen LogP contribution < -0.4 is 10.6 Å². The molecule has 1 amide bonds. The van der Waals surface area contributed by atoms with E-state index in [2.05, 4.69) is 10.6 Å². The van der Waals surface area contributed by atoms with E-state index >= 15 is 0 Å². The fourth-order valence-corrected chi connectivity index (χ4v) is 4.48. The van der Waals surface area contributed by atoms with Crippen LogP contribution in [-0.2, 0) is 4.79 Å². The fraction of sp³-hybridized carbons (Fsp3) is 0.450. The van der Waals surface area contributed by atoms with Crippen molar-refractivity contribution in [1.29, 1.82) is 0 Å². The highest BCUT2D eigenvalue weighted by atomic mass is 32.1. The van der Waals surface area contributed by atoms with Gasteiger partial charge in [0.05, 0.1) is 12.6 Å². The van der Waals surface area contributed by atoms with Gasteiger partial charge in [0.15, 0.2) is 0 Å². The predicted octanol–water partition coefficient (Wildman–Crippen LogP) is 3.23. The minimum absolute atomic E-state index is 0.0811. The van der Waals surface area contributed by atoms with Gasteiger partial charge in [0.25, 0.3) is 0 Å². The van der Waals surface area contributed by atoms with Crippen LogP contribution >= 0.6 is 11.3 Å². The molecule has 0 spiro atoms. The number of carbonyl (C=O) groups is 1. The third-order valence-corrected chi connectivity index (χ3v) is 5.96. The molecule has 3 atom stereocenters. The van der Waals surface area contributed by atoms with E-state index < -0.39 is 0 Å². The highest BCUT2D eigenvalue weighted by Gasteiger charge is 2.27. The van der Waals surface area contributed by atoms with E-state index in [4.69, 9.17) is 5.11 Å². The summed E-state index contributed by atoms with van der Waals surface area (Å²) in [6.45, 7) is 0.440. The van der Waals surface area contributed by atoms with Crippen molar-refractivity contribution < 1.29 is 14.3 Å². The molecular weight excluding hydrogens is 351 g/mol. The summed E-state index contributed by atoms with van der Waals surface area (Å²) < 4.78 is 13.2. The first-order valence-corrected chi connectivity index (χ1v) is 9.98. The number of hydrogen-bond acceptors (Lipinski definition) is 4. The summed E-state index contributed by atoms with van der Waals surface area (Å²) in [6, 6.07) is 10.2. The van der Waals surface area contributed by atoms with Gasteiger partial charge in [-0.2, -0.15) is 0 Å². The lowest BCUT2D eigenvalue weighted by Gasteiger charge is -2.22. The summed E-state index contributed by atoms with van der Waals surface area (Å²) in [5.41, 5.74) is 0.862. The normalized spacial score (nSPS) is 20.8. The number of carbonyl (C=O) groups excluding carboxylic acids is 1. The van der Waals surface area contributed by atoms with Crippen LogP contribution in [0.25, 0.3) is 0 Å². The van der Waals surface area contributed by atoms with Crippen molar-refractivity contribution in [1.82, 2.24) is 10.6 Å². The Bertz CT molecular complexity index is 690. The minimum Gasteiger partial charge on any atom is -0.396 e. The maximum atomic E-state index is 13.2. The van der Waals surface area contributed by atoms with Crippen LogP contribution in [0.4, 0.5) is 4.39 Å². The minimum atomic E-state index is -0.289. The second-order valence-corrected chi connectivity index (χ2v) is 7.74. The van der Waals surface area contributed by atoms with Crippen LogP contribution in [0, 0.1) is 11.7 Å². The van der Waals surface area contributed by atoms with Gasteiger partial charge in [-0.05, 0) is 54.3 Å². The maximum absolute atomic E-state index is 13.2. The van der Waals surface area contributed by atoms with Gasteiger partial charge in [-0.1, -0.05) is 24.6 Å². The predicted molar refractivity (Wildman–Crippen MR) is 102 cm³/mol. The lowest BCUT2D eigenvalue weighted by molar-refractivity contribution is -0.120. The molecule has 1 aliphatic carbocycles. The second kappa shape index (κ2) is 9.26. The maximum Gasteiger partial charge on any atom is 0.234 e. The number of halogens is 1. The quantitative estimate of drug-likeness (QED) is 0.663. The van der Waals surface area contributed by atoms with E-state index in [0.717, 1.165) is 36.1 Å². The molecule has 1 heterocycles. The van der Waals surface area contributed by atoms with Gasteiger partial charge in [-0.25, -0.2) is 4.39 Å². The highest BCUT2D eigenvalue weighted by Crippen LogP contribution is 2.28. The number of benzene rings is 1. The zero-order valence-electron chi connectivity index (χ0n) is 14.7. The lowest BCUT2D eigenvalue weighted by atomic mass is 10.00. The molecule has 0 aliphatic heterocycles. The summed E-state index contributed by atoms with van der Waals surface area (Å²) in [7, 11) is 0. The zero-order chi connectivity index (χ0) is 18.4. The summed E-state index contributed by atoms with van der Waals surface area (Å²) in [5, 5.41) is 17.5. The van der Waals surface area contributed by atoms with Crippen LogP contribution in [0.3, 0.4) is 0 Å².